The summed E-state index contributed by atoms with van der Waals surface area (Å²) >= 11 is 0. The third kappa shape index (κ3) is 2.42. The Labute approximate surface area is 117 Å². The van der Waals surface area contributed by atoms with Crippen LogP contribution >= 0.6 is 0 Å². The summed E-state index contributed by atoms with van der Waals surface area (Å²) in [6.07, 6.45) is 0.737. The van der Waals surface area contributed by atoms with Gasteiger partial charge in [0, 0.05) is 31.6 Å². The van der Waals surface area contributed by atoms with E-state index in [0.29, 0.717) is 0 Å². The Hall–Kier alpha value is -1.49. The molecular weight excluding hydrogens is 262 g/mol. The van der Waals surface area contributed by atoms with Crippen molar-refractivity contribution in [1.29, 1.82) is 0 Å². The molecule has 1 heterocycles. The van der Waals surface area contributed by atoms with Gasteiger partial charge in [-0.3, -0.25) is 4.79 Å². The van der Waals surface area contributed by atoms with E-state index >= 15 is 0 Å². The molecule has 0 bridgehead atoms. The standard InChI is InChI=1S/C15H18F2N2O/c1-9-8-18-4-5-19(9)15(20)12-7-11(12)10-2-3-13(16)14(17)6-10/h2-3,6,9,11-12,18H,4-5,7-8H2,1H3/t9-,11+,12-/m1/s1. The monoisotopic (exact) mass is 280 g/mol. The first-order valence-corrected chi connectivity index (χ1v) is 7.04. The quantitative estimate of drug-likeness (QED) is 0.897. The minimum Gasteiger partial charge on any atom is -0.337 e. The van der Waals surface area contributed by atoms with Crippen molar-refractivity contribution in [1.82, 2.24) is 10.2 Å². The van der Waals surface area contributed by atoms with E-state index in [1.807, 2.05) is 11.8 Å². The van der Waals surface area contributed by atoms with Crippen LogP contribution in [0.1, 0.15) is 24.8 Å². The highest BCUT2D eigenvalue weighted by Gasteiger charge is 2.46. The fourth-order valence-electron chi connectivity index (χ4n) is 2.96. The second-order valence-electron chi connectivity index (χ2n) is 5.71. The third-order valence-electron chi connectivity index (χ3n) is 4.26. The highest BCUT2D eigenvalue weighted by molar-refractivity contribution is 5.83. The fraction of sp³-hybridized carbons (Fsp3) is 0.533. The Morgan fingerprint density at radius 1 is 1.35 bits per heavy atom. The second kappa shape index (κ2) is 5.13. The third-order valence-corrected chi connectivity index (χ3v) is 4.26. The van der Waals surface area contributed by atoms with Gasteiger partial charge in [0.05, 0.1) is 0 Å². The largest absolute Gasteiger partial charge is 0.337 e. The van der Waals surface area contributed by atoms with Crippen molar-refractivity contribution in [2.45, 2.75) is 25.3 Å². The van der Waals surface area contributed by atoms with E-state index in [9.17, 15) is 13.6 Å². The van der Waals surface area contributed by atoms with Crippen LogP contribution in [-0.4, -0.2) is 36.5 Å². The van der Waals surface area contributed by atoms with Gasteiger partial charge in [-0.15, -0.1) is 0 Å². The SMILES string of the molecule is C[C@@H]1CNCCN1C(=O)[C@@H]1C[C@H]1c1ccc(F)c(F)c1. The summed E-state index contributed by atoms with van der Waals surface area (Å²) in [5.41, 5.74) is 0.727. The van der Waals surface area contributed by atoms with E-state index in [0.717, 1.165) is 37.7 Å². The predicted molar refractivity (Wildman–Crippen MR) is 71.3 cm³/mol. The molecule has 3 atom stereocenters. The number of amides is 1. The van der Waals surface area contributed by atoms with Crippen LogP contribution in [0.4, 0.5) is 8.78 Å². The van der Waals surface area contributed by atoms with Gasteiger partial charge in [0.1, 0.15) is 0 Å². The molecular formula is C15H18F2N2O. The molecule has 3 rings (SSSR count). The van der Waals surface area contributed by atoms with Gasteiger partial charge in [-0.05, 0) is 37.0 Å². The normalized spacial score (nSPS) is 29.4. The molecule has 2 fully saturated rings. The highest BCUT2D eigenvalue weighted by Crippen LogP contribution is 2.48. The minimum absolute atomic E-state index is 0.0414. The van der Waals surface area contributed by atoms with Crippen molar-refractivity contribution in [2.75, 3.05) is 19.6 Å². The van der Waals surface area contributed by atoms with Crippen molar-refractivity contribution in [3.63, 3.8) is 0 Å². The van der Waals surface area contributed by atoms with E-state index in [2.05, 4.69) is 5.32 Å². The van der Waals surface area contributed by atoms with Crippen LogP contribution in [0.25, 0.3) is 0 Å². The number of piperazine rings is 1. The Bertz CT molecular complexity index is 535. The number of nitrogens with zero attached hydrogens (tertiary/aromatic N) is 1. The maximum absolute atomic E-state index is 13.2. The summed E-state index contributed by atoms with van der Waals surface area (Å²) in [5.74, 6) is -1.56. The fourth-order valence-corrected chi connectivity index (χ4v) is 2.96. The zero-order chi connectivity index (χ0) is 14.3. The zero-order valence-electron chi connectivity index (χ0n) is 11.4. The first kappa shape index (κ1) is 13.5. The first-order valence-electron chi connectivity index (χ1n) is 7.04. The van der Waals surface area contributed by atoms with Gasteiger partial charge in [0.2, 0.25) is 5.91 Å². The lowest BCUT2D eigenvalue weighted by Gasteiger charge is -2.34. The number of hydrogen-bond acceptors (Lipinski definition) is 2. The Kier molecular flexibility index (Phi) is 3.46. The molecule has 0 spiro atoms. The molecule has 1 aliphatic heterocycles. The van der Waals surface area contributed by atoms with Gasteiger partial charge in [-0.1, -0.05) is 6.07 Å². The molecule has 1 aliphatic carbocycles. The molecule has 1 amide bonds. The number of carbonyl (C=O) groups excluding carboxylic acids is 1. The summed E-state index contributed by atoms with van der Waals surface area (Å²) < 4.78 is 26.2. The zero-order valence-corrected chi connectivity index (χ0v) is 11.4. The summed E-state index contributed by atoms with van der Waals surface area (Å²) in [6.45, 7) is 4.38. The topological polar surface area (TPSA) is 32.3 Å². The van der Waals surface area contributed by atoms with Crippen LogP contribution in [0.3, 0.4) is 0 Å². The predicted octanol–water partition coefficient (Wildman–Crippen LogP) is 1.89. The van der Waals surface area contributed by atoms with E-state index in [-0.39, 0.29) is 23.8 Å². The first-order chi connectivity index (χ1) is 9.58. The minimum atomic E-state index is -0.840. The molecule has 2 aliphatic rings. The maximum atomic E-state index is 13.2. The van der Waals surface area contributed by atoms with Gasteiger partial charge in [-0.2, -0.15) is 0 Å². The molecule has 108 valence electrons. The lowest BCUT2D eigenvalue weighted by molar-refractivity contribution is -0.135. The van der Waals surface area contributed by atoms with Gasteiger partial charge < -0.3 is 10.2 Å². The lowest BCUT2D eigenvalue weighted by Crippen LogP contribution is -2.52. The number of nitrogens with one attached hydrogen (secondary N) is 1. The van der Waals surface area contributed by atoms with Gasteiger partial charge >= 0.3 is 0 Å². The number of halogens is 2. The molecule has 1 N–H and O–H groups in total. The number of rotatable bonds is 2. The van der Waals surface area contributed by atoms with Crippen molar-refractivity contribution in [3.8, 4) is 0 Å². The molecule has 1 aromatic carbocycles. The summed E-state index contributed by atoms with van der Waals surface area (Å²) in [6, 6.07) is 4.13. The van der Waals surface area contributed by atoms with Crippen molar-refractivity contribution in [3.05, 3.63) is 35.4 Å². The van der Waals surface area contributed by atoms with E-state index < -0.39 is 11.6 Å². The summed E-state index contributed by atoms with van der Waals surface area (Å²) in [5, 5.41) is 3.25. The molecule has 0 unspecified atom stereocenters. The van der Waals surface area contributed by atoms with Crippen LogP contribution in [0.5, 0.6) is 0 Å². The lowest BCUT2D eigenvalue weighted by atomic mass is 10.1. The number of carbonyl (C=O) groups is 1. The molecule has 1 saturated carbocycles. The maximum Gasteiger partial charge on any atom is 0.226 e. The van der Waals surface area contributed by atoms with Gasteiger partial charge in [0.15, 0.2) is 11.6 Å². The van der Waals surface area contributed by atoms with Crippen LogP contribution in [-0.2, 0) is 4.79 Å². The molecule has 0 aromatic heterocycles. The summed E-state index contributed by atoms with van der Waals surface area (Å²) in [4.78, 5) is 14.3. The molecule has 0 radical (unpaired) electrons. The second-order valence-corrected chi connectivity index (χ2v) is 5.71. The van der Waals surface area contributed by atoms with E-state index in [4.69, 9.17) is 0 Å². The van der Waals surface area contributed by atoms with Gasteiger partial charge in [0.25, 0.3) is 0 Å². The van der Waals surface area contributed by atoms with Crippen LogP contribution in [0.2, 0.25) is 0 Å². The summed E-state index contributed by atoms with van der Waals surface area (Å²) in [7, 11) is 0. The average Bonchev–Trinajstić information content (AvgIpc) is 3.22. The van der Waals surface area contributed by atoms with Crippen molar-refractivity contribution >= 4 is 5.91 Å². The van der Waals surface area contributed by atoms with Crippen molar-refractivity contribution < 1.29 is 13.6 Å². The smallest absolute Gasteiger partial charge is 0.226 e. The Balaban J connectivity index is 1.68. The Morgan fingerprint density at radius 3 is 2.85 bits per heavy atom. The molecule has 1 aromatic rings. The van der Waals surface area contributed by atoms with E-state index in [1.54, 1.807) is 6.07 Å². The molecule has 3 nitrogen and oxygen atoms in total. The molecule has 5 heteroatoms. The number of hydrogen-bond donors (Lipinski definition) is 1. The van der Waals surface area contributed by atoms with E-state index in [1.165, 1.54) is 6.07 Å². The Morgan fingerprint density at radius 2 is 2.15 bits per heavy atom. The van der Waals surface area contributed by atoms with Crippen LogP contribution in [0.15, 0.2) is 18.2 Å². The van der Waals surface area contributed by atoms with Crippen LogP contribution < -0.4 is 5.32 Å². The highest BCUT2D eigenvalue weighted by atomic mass is 19.2. The molecule has 20 heavy (non-hydrogen) atoms. The van der Waals surface area contributed by atoms with Crippen molar-refractivity contribution in [2.24, 2.45) is 5.92 Å². The van der Waals surface area contributed by atoms with Gasteiger partial charge in [-0.25, -0.2) is 8.78 Å². The van der Waals surface area contributed by atoms with Crippen LogP contribution in [0, 0.1) is 17.6 Å². The number of benzene rings is 1. The molecule has 1 saturated heterocycles. The average molecular weight is 280 g/mol.